The molecule has 4 nitrogen and oxygen atoms in total. The van der Waals surface area contributed by atoms with Crippen molar-refractivity contribution in [3.63, 3.8) is 0 Å². The number of hydrogen-bond donors (Lipinski definition) is 0. The summed E-state index contributed by atoms with van der Waals surface area (Å²) in [6.45, 7) is 2.50. The number of quaternary nitrogens is 1. The van der Waals surface area contributed by atoms with E-state index in [1.165, 1.54) is 12.8 Å². The van der Waals surface area contributed by atoms with Gasteiger partial charge < -0.3 is 14.8 Å². The van der Waals surface area contributed by atoms with Crippen LogP contribution >= 0.6 is 0 Å². The molecule has 4 saturated heterocycles. The Morgan fingerprint density at radius 2 is 2.05 bits per heavy atom. The maximum atomic E-state index is 13.1. The third-order valence-electron chi connectivity index (χ3n) is 6.17. The van der Waals surface area contributed by atoms with Crippen LogP contribution in [0.5, 0.6) is 0 Å². The summed E-state index contributed by atoms with van der Waals surface area (Å²) in [5.74, 6) is 1.32. The molecule has 4 heteroatoms. The Hall–Kier alpha value is -0.610. The lowest BCUT2D eigenvalue weighted by atomic mass is 9.70. The molecule has 4 fully saturated rings. The fourth-order valence-corrected chi connectivity index (χ4v) is 5.40. The summed E-state index contributed by atoms with van der Waals surface area (Å²) >= 11 is 0. The number of carbonyl (C=O) groups excluding carboxylic acids is 1. The van der Waals surface area contributed by atoms with E-state index in [1.807, 2.05) is 0 Å². The second-order valence-corrected chi connectivity index (χ2v) is 7.18. The Balaban J connectivity index is 1.64. The van der Waals surface area contributed by atoms with Crippen molar-refractivity contribution in [2.75, 3.05) is 19.6 Å². The number of nitrogens with zero attached hydrogens (tertiary/aromatic N) is 2. The van der Waals surface area contributed by atoms with E-state index in [0.717, 1.165) is 51.7 Å². The van der Waals surface area contributed by atoms with Gasteiger partial charge in [0.15, 0.2) is 0 Å². The molecule has 0 unspecified atom stereocenters. The van der Waals surface area contributed by atoms with E-state index >= 15 is 0 Å². The Morgan fingerprint density at radius 3 is 2.95 bits per heavy atom. The number of piperidine rings is 4. The highest BCUT2D eigenvalue weighted by Gasteiger charge is 2.52. The van der Waals surface area contributed by atoms with Crippen LogP contribution in [-0.2, 0) is 4.79 Å². The fraction of sp³-hybridized carbons (Fsp3) is 0.933. The van der Waals surface area contributed by atoms with Crippen LogP contribution in [0.15, 0.2) is 0 Å². The number of hydrogen-bond acceptors (Lipinski definition) is 2. The summed E-state index contributed by atoms with van der Waals surface area (Å²) in [6, 6.07) is 0.685. The van der Waals surface area contributed by atoms with Crippen LogP contribution in [0.2, 0.25) is 0 Å². The van der Waals surface area contributed by atoms with E-state index < -0.39 is 0 Å². The Morgan fingerprint density at radius 1 is 1.16 bits per heavy atom. The fourth-order valence-electron chi connectivity index (χ4n) is 5.40. The predicted octanol–water partition coefficient (Wildman–Crippen LogP) is 1.88. The Kier molecular flexibility index (Phi) is 2.68. The number of carbonyl (C=O) groups is 1. The van der Waals surface area contributed by atoms with Gasteiger partial charge >= 0.3 is 0 Å². The van der Waals surface area contributed by atoms with Gasteiger partial charge in [0.05, 0.1) is 19.1 Å². The van der Waals surface area contributed by atoms with Gasteiger partial charge in [0.25, 0.3) is 0 Å². The summed E-state index contributed by atoms with van der Waals surface area (Å²) in [6.07, 6.45) is 7.52. The van der Waals surface area contributed by atoms with Crippen LogP contribution in [0.4, 0.5) is 0 Å². The monoisotopic (exact) mass is 264 g/mol. The van der Waals surface area contributed by atoms with Crippen molar-refractivity contribution < 1.29 is 9.44 Å². The third kappa shape index (κ3) is 1.76. The molecule has 19 heavy (non-hydrogen) atoms. The molecule has 0 aliphatic carbocycles. The molecular weight excluding hydrogens is 240 g/mol. The number of amides is 1. The molecule has 4 heterocycles. The van der Waals surface area contributed by atoms with E-state index in [-0.39, 0.29) is 4.65 Å². The van der Waals surface area contributed by atoms with Crippen molar-refractivity contribution in [2.24, 2.45) is 11.8 Å². The molecule has 4 rings (SSSR count). The van der Waals surface area contributed by atoms with Crippen molar-refractivity contribution in [3.05, 3.63) is 5.21 Å². The maximum Gasteiger partial charge on any atom is 0.222 e. The maximum absolute atomic E-state index is 13.1. The standard InChI is InChI=1S/C15H24N2O2/c18-15-6-3-4-13-12-8-11(9-16(13)15)14-5-1-2-7-17(14,19)10-12/h11-14H,1-10H2/t11-,12-,13+,14+,17-/m1/s1. The van der Waals surface area contributed by atoms with Gasteiger partial charge in [-0.3, -0.25) is 4.79 Å². The summed E-state index contributed by atoms with van der Waals surface area (Å²) in [4.78, 5) is 14.3. The summed E-state index contributed by atoms with van der Waals surface area (Å²) < 4.78 is 0.0772. The normalized spacial score (nSPS) is 49.5. The van der Waals surface area contributed by atoms with Gasteiger partial charge in [-0.25, -0.2) is 0 Å². The van der Waals surface area contributed by atoms with E-state index in [9.17, 15) is 10.0 Å². The average Bonchev–Trinajstić information content (AvgIpc) is 2.39. The zero-order chi connectivity index (χ0) is 13.0. The van der Waals surface area contributed by atoms with Gasteiger partial charge in [-0.2, -0.15) is 0 Å². The van der Waals surface area contributed by atoms with Gasteiger partial charge in [0.2, 0.25) is 5.91 Å². The van der Waals surface area contributed by atoms with Crippen molar-refractivity contribution in [1.29, 1.82) is 0 Å². The molecule has 0 N–H and O–H groups in total. The zero-order valence-corrected chi connectivity index (χ0v) is 11.6. The number of rotatable bonds is 0. The summed E-state index contributed by atoms with van der Waals surface area (Å²) in [5.41, 5.74) is 0. The van der Waals surface area contributed by atoms with E-state index in [1.54, 1.807) is 0 Å². The van der Waals surface area contributed by atoms with Crippen LogP contribution in [0, 0.1) is 17.0 Å². The average molecular weight is 264 g/mol. The van der Waals surface area contributed by atoms with Crippen LogP contribution < -0.4 is 0 Å². The van der Waals surface area contributed by atoms with Crippen molar-refractivity contribution in [2.45, 2.75) is 57.0 Å². The van der Waals surface area contributed by atoms with E-state index in [0.29, 0.717) is 29.8 Å². The van der Waals surface area contributed by atoms with E-state index in [2.05, 4.69) is 4.90 Å². The molecule has 0 spiro atoms. The molecule has 4 aliphatic rings. The molecule has 5 atom stereocenters. The second-order valence-electron chi connectivity index (χ2n) is 7.18. The van der Waals surface area contributed by atoms with Crippen molar-refractivity contribution >= 4 is 5.91 Å². The topological polar surface area (TPSA) is 43.4 Å². The van der Waals surface area contributed by atoms with Crippen LogP contribution in [-0.4, -0.2) is 47.2 Å². The summed E-state index contributed by atoms with van der Waals surface area (Å²) in [5, 5.41) is 13.1. The first-order valence-corrected chi connectivity index (χ1v) is 8.05. The molecule has 0 aromatic heterocycles. The zero-order valence-electron chi connectivity index (χ0n) is 11.6. The highest BCUT2D eigenvalue weighted by molar-refractivity contribution is 5.77. The molecule has 0 aromatic carbocycles. The largest absolute Gasteiger partial charge is 0.633 e. The molecule has 0 saturated carbocycles. The molecular formula is C15H24N2O2. The lowest BCUT2D eigenvalue weighted by Gasteiger charge is -2.63. The van der Waals surface area contributed by atoms with Gasteiger partial charge in [-0.15, -0.1) is 0 Å². The number of fused-ring (bicyclic) bond motifs is 6. The van der Waals surface area contributed by atoms with Gasteiger partial charge in [-0.05, 0) is 32.1 Å². The van der Waals surface area contributed by atoms with Gasteiger partial charge in [0, 0.05) is 37.3 Å². The molecule has 1 amide bonds. The molecule has 4 aliphatic heterocycles. The molecule has 106 valence electrons. The van der Waals surface area contributed by atoms with Gasteiger partial charge in [-0.1, -0.05) is 0 Å². The first kappa shape index (κ1) is 12.2. The predicted molar refractivity (Wildman–Crippen MR) is 71.9 cm³/mol. The quantitative estimate of drug-likeness (QED) is 0.495. The minimum Gasteiger partial charge on any atom is -0.633 e. The smallest absolute Gasteiger partial charge is 0.222 e. The van der Waals surface area contributed by atoms with Crippen LogP contribution in [0.1, 0.15) is 44.9 Å². The van der Waals surface area contributed by atoms with Crippen LogP contribution in [0.3, 0.4) is 0 Å². The minimum absolute atomic E-state index is 0.0772. The van der Waals surface area contributed by atoms with E-state index in [4.69, 9.17) is 0 Å². The molecule has 2 bridgehead atoms. The SMILES string of the molecule is O=C1CCC[C@H]2[C@@H]3C[C@H](CN12)[C@@H]1CCCC[N@@+]1([O-])C3. The Labute approximate surface area is 114 Å². The van der Waals surface area contributed by atoms with Gasteiger partial charge in [0.1, 0.15) is 0 Å². The number of hydroxylamine groups is 3. The first-order chi connectivity index (χ1) is 9.17. The summed E-state index contributed by atoms with van der Waals surface area (Å²) in [7, 11) is 0. The first-order valence-electron chi connectivity index (χ1n) is 8.05. The third-order valence-corrected chi connectivity index (χ3v) is 6.17. The minimum atomic E-state index is 0.0772. The lowest BCUT2D eigenvalue weighted by Crippen LogP contribution is -2.69. The highest BCUT2D eigenvalue weighted by atomic mass is 16.5. The Bertz CT molecular complexity index is 400. The lowest BCUT2D eigenvalue weighted by molar-refractivity contribution is -0.925. The molecule has 0 aromatic rings. The van der Waals surface area contributed by atoms with Crippen molar-refractivity contribution in [1.82, 2.24) is 4.90 Å². The highest BCUT2D eigenvalue weighted by Crippen LogP contribution is 2.46. The second kappa shape index (κ2) is 4.19. The molecule has 0 radical (unpaired) electrons. The van der Waals surface area contributed by atoms with Crippen molar-refractivity contribution in [3.8, 4) is 0 Å². The van der Waals surface area contributed by atoms with Crippen LogP contribution in [0.25, 0.3) is 0 Å².